The molecule has 0 spiro atoms. The molecule has 0 atom stereocenters. The van der Waals surface area contributed by atoms with E-state index < -0.39 is 0 Å². The minimum atomic E-state index is -0.0687. The molecule has 6 heteroatoms. The molecule has 122 valence electrons. The highest BCUT2D eigenvalue weighted by Gasteiger charge is 2.04. The summed E-state index contributed by atoms with van der Waals surface area (Å²) in [5, 5.41) is 10.5. The first-order chi connectivity index (χ1) is 11.6. The van der Waals surface area contributed by atoms with Gasteiger partial charge in [-0.15, -0.1) is 0 Å². The van der Waals surface area contributed by atoms with E-state index in [1.54, 1.807) is 11.0 Å². The first-order valence-corrected chi connectivity index (χ1v) is 7.66. The molecule has 2 N–H and O–H groups in total. The Kier molecular flexibility index (Phi) is 4.56. The smallest absolute Gasteiger partial charge is 0.221 e. The Hall–Kier alpha value is -3.15. The molecular formula is C18H19N5O. The zero-order valence-electron chi connectivity index (χ0n) is 13.7. The second kappa shape index (κ2) is 6.95. The van der Waals surface area contributed by atoms with Crippen LogP contribution in [0.15, 0.2) is 54.9 Å². The van der Waals surface area contributed by atoms with Crippen molar-refractivity contribution >= 4 is 17.3 Å². The van der Waals surface area contributed by atoms with E-state index in [9.17, 15) is 4.79 Å². The van der Waals surface area contributed by atoms with Crippen molar-refractivity contribution in [1.82, 2.24) is 14.8 Å². The fourth-order valence-electron chi connectivity index (χ4n) is 2.35. The number of carbonyl (C=O) groups excluding carboxylic acids is 1. The van der Waals surface area contributed by atoms with Gasteiger partial charge in [0.05, 0.1) is 0 Å². The molecular weight excluding hydrogens is 302 g/mol. The lowest BCUT2D eigenvalue weighted by molar-refractivity contribution is -0.114. The van der Waals surface area contributed by atoms with Crippen LogP contribution in [0.3, 0.4) is 0 Å². The molecule has 0 saturated heterocycles. The van der Waals surface area contributed by atoms with Gasteiger partial charge in [-0.3, -0.25) is 9.48 Å². The van der Waals surface area contributed by atoms with Crippen LogP contribution in [-0.4, -0.2) is 20.7 Å². The van der Waals surface area contributed by atoms with Crippen LogP contribution in [0.1, 0.15) is 12.5 Å². The third kappa shape index (κ3) is 3.98. The Morgan fingerprint density at radius 2 is 1.92 bits per heavy atom. The van der Waals surface area contributed by atoms with E-state index in [1.807, 2.05) is 55.6 Å². The molecule has 0 fully saturated rings. The summed E-state index contributed by atoms with van der Waals surface area (Å²) in [6.07, 6.45) is 1.69. The van der Waals surface area contributed by atoms with Gasteiger partial charge >= 0.3 is 0 Å². The van der Waals surface area contributed by atoms with E-state index in [2.05, 4.69) is 20.7 Å². The van der Waals surface area contributed by atoms with Gasteiger partial charge in [-0.2, -0.15) is 5.10 Å². The monoisotopic (exact) mass is 321 g/mol. The summed E-state index contributed by atoms with van der Waals surface area (Å²) in [6.45, 7) is 2.19. The maximum Gasteiger partial charge on any atom is 0.221 e. The first kappa shape index (κ1) is 15.7. The zero-order valence-corrected chi connectivity index (χ0v) is 13.7. The lowest BCUT2D eigenvalue weighted by atomic mass is 10.1. The maximum absolute atomic E-state index is 11.0. The molecule has 6 nitrogen and oxygen atoms in total. The predicted molar refractivity (Wildman–Crippen MR) is 94.5 cm³/mol. The number of anilines is 2. The maximum atomic E-state index is 11.0. The minimum absolute atomic E-state index is 0.0687. The minimum Gasteiger partial charge on any atom is -0.381 e. The van der Waals surface area contributed by atoms with E-state index in [0.29, 0.717) is 12.4 Å². The molecule has 0 unspecified atom stereocenters. The topological polar surface area (TPSA) is 71.8 Å². The van der Waals surface area contributed by atoms with Gasteiger partial charge in [0, 0.05) is 37.5 Å². The lowest BCUT2D eigenvalue weighted by Crippen LogP contribution is -2.06. The van der Waals surface area contributed by atoms with E-state index in [4.69, 9.17) is 0 Å². The van der Waals surface area contributed by atoms with E-state index in [-0.39, 0.29) is 5.91 Å². The number of hydrogen-bond donors (Lipinski definition) is 2. The zero-order chi connectivity index (χ0) is 16.9. The second-order valence-electron chi connectivity index (χ2n) is 5.55. The van der Waals surface area contributed by atoms with E-state index >= 15 is 0 Å². The third-order valence-electron chi connectivity index (χ3n) is 3.49. The number of benzene rings is 2. The molecule has 3 aromatic rings. The average molecular weight is 321 g/mol. The second-order valence-corrected chi connectivity index (χ2v) is 5.55. The summed E-state index contributed by atoms with van der Waals surface area (Å²) in [7, 11) is 1.85. The summed E-state index contributed by atoms with van der Waals surface area (Å²) in [4.78, 5) is 15.3. The van der Waals surface area contributed by atoms with Crippen molar-refractivity contribution in [1.29, 1.82) is 0 Å². The Morgan fingerprint density at radius 3 is 2.58 bits per heavy atom. The normalized spacial score (nSPS) is 10.4. The van der Waals surface area contributed by atoms with Gasteiger partial charge < -0.3 is 10.6 Å². The number of amides is 1. The highest BCUT2D eigenvalue weighted by Crippen LogP contribution is 2.20. The number of hydrogen-bond acceptors (Lipinski definition) is 4. The third-order valence-corrected chi connectivity index (χ3v) is 3.49. The van der Waals surface area contributed by atoms with Gasteiger partial charge in [-0.05, 0) is 29.8 Å². The first-order valence-electron chi connectivity index (χ1n) is 7.66. The molecule has 2 aromatic carbocycles. The Morgan fingerprint density at radius 1 is 1.12 bits per heavy atom. The molecule has 0 saturated carbocycles. The fourth-order valence-corrected chi connectivity index (χ4v) is 2.35. The van der Waals surface area contributed by atoms with Gasteiger partial charge in [0.25, 0.3) is 0 Å². The number of aromatic nitrogens is 3. The van der Waals surface area contributed by atoms with Crippen molar-refractivity contribution in [3.63, 3.8) is 0 Å². The molecule has 1 aromatic heterocycles. The molecule has 24 heavy (non-hydrogen) atoms. The molecule has 3 rings (SSSR count). The Bertz CT molecular complexity index is 839. The van der Waals surface area contributed by atoms with E-state index in [0.717, 1.165) is 22.5 Å². The number of nitrogens with zero attached hydrogens (tertiary/aromatic N) is 3. The number of rotatable bonds is 5. The van der Waals surface area contributed by atoms with E-state index in [1.165, 1.54) is 6.92 Å². The summed E-state index contributed by atoms with van der Waals surface area (Å²) < 4.78 is 1.69. The molecule has 0 radical (unpaired) electrons. The Labute approximate surface area is 140 Å². The van der Waals surface area contributed by atoms with Gasteiger partial charge in [-0.1, -0.05) is 24.3 Å². The summed E-state index contributed by atoms with van der Waals surface area (Å²) in [5.74, 6) is 0.640. The highest BCUT2D eigenvalue weighted by molar-refractivity contribution is 5.88. The molecule has 1 heterocycles. The quantitative estimate of drug-likeness (QED) is 0.757. The highest BCUT2D eigenvalue weighted by atomic mass is 16.1. The van der Waals surface area contributed by atoms with Crippen molar-refractivity contribution in [2.45, 2.75) is 13.5 Å². The van der Waals surface area contributed by atoms with Crippen LogP contribution < -0.4 is 10.6 Å². The van der Waals surface area contributed by atoms with Crippen LogP contribution in [0, 0.1) is 0 Å². The van der Waals surface area contributed by atoms with Crippen LogP contribution in [0.5, 0.6) is 0 Å². The van der Waals surface area contributed by atoms with Crippen LogP contribution in [0.4, 0.5) is 11.4 Å². The van der Waals surface area contributed by atoms with Gasteiger partial charge in [0.2, 0.25) is 5.91 Å². The van der Waals surface area contributed by atoms with Crippen LogP contribution in [-0.2, 0) is 18.4 Å². The summed E-state index contributed by atoms with van der Waals surface area (Å²) >= 11 is 0. The standard InChI is InChI=1S/C18H19N5O/c1-13(24)21-16-8-6-14(7-9-16)11-19-17-5-3-4-15(10-17)18-20-12-23(2)22-18/h3-10,12,19H,11H2,1-2H3,(H,21,24). The lowest BCUT2D eigenvalue weighted by Gasteiger charge is -2.09. The largest absolute Gasteiger partial charge is 0.381 e. The SMILES string of the molecule is CC(=O)Nc1ccc(CNc2cccc(-c3ncn(C)n3)c2)cc1. The molecule has 0 aliphatic carbocycles. The number of aryl methyl sites for hydroxylation is 1. The van der Waals surface area contributed by atoms with Crippen molar-refractivity contribution in [2.24, 2.45) is 7.05 Å². The average Bonchev–Trinajstić information content (AvgIpc) is 3.01. The number of carbonyl (C=O) groups is 1. The van der Waals surface area contributed by atoms with Gasteiger partial charge in [0.1, 0.15) is 6.33 Å². The van der Waals surface area contributed by atoms with Crippen molar-refractivity contribution in [3.8, 4) is 11.4 Å². The van der Waals surface area contributed by atoms with Crippen molar-refractivity contribution < 1.29 is 4.79 Å². The van der Waals surface area contributed by atoms with Gasteiger partial charge in [0.15, 0.2) is 5.82 Å². The number of nitrogens with one attached hydrogen (secondary N) is 2. The molecule has 0 aliphatic rings. The molecule has 1 amide bonds. The van der Waals surface area contributed by atoms with Gasteiger partial charge in [-0.25, -0.2) is 4.98 Å². The van der Waals surface area contributed by atoms with Crippen LogP contribution >= 0.6 is 0 Å². The molecule has 0 bridgehead atoms. The van der Waals surface area contributed by atoms with Crippen molar-refractivity contribution in [2.75, 3.05) is 10.6 Å². The summed E-state index contributed by atoms with van der Waals surface area (Å²) in [5.41, 5.74) is 3.91. The predicted octanol–water partition coefficient (Wildman–Crippen LogP) is 3.05. The fraction of sp³-hybridized carbons (Fsp3) is 0.167. The summed E-state index contributed by atoms with van der Waals surface area (Å²) in [6, 6.07) is 15.8. The van der Waals surface area contributed by atoms with Crippen LogP contribution in [0.25, 0.3) is 11.4 Å². The molecule has 0 aliphatic heterocycles. The Balaban J connectivity index is 1.65. The van der Waals surface area contributed by atoms with Crippen LogP contribution in [0.2, 0.25) is 0 Å². The van der Waals surface area contributed by atoms with Crippen molar-refractivity contribution in [3.05, 3.63) is 60.4 Å².